The summed E-state index contributed by atoms with van der Waals surface area (Å²) in [4.78, 5) is 22.2. The Hall–Kier alpha value is -5.65. The van der Waals surface area contributed by atoms with E-state index in [1.54, 1.807) is 67.6 Å². The number of phenols is 1. The van der Waals surface area contributed by atoms with Crippen LogP contribution in [0.1, 0.15) is 33.3 Å². The van der Waals surface area contributed by atoms with Gasteiger partial charge in [0.1, 0.15) is 30.7 Å². The second-order valence-corrected chi connectivity index (χ2v) is 14.5. The number of hydrogen-bond acceptors (Lipinski definition) is 13. The second kappa shape index (κ2) is 16.4. The molecule has 0 aliphatic rings. The molecule has 0 aliphatic heterocycles. The summed E-state index contributed by atoms with van der Waals surface area (Å²) in [6.07, 6.45) is -4.94. The van der Waals surface area contributed by atoms with Crippen molar-refractivity contribution in [3.63, 3.8) is 0 Å². The van der Waals surface area contributed by atoms with E-state index in [2.05, 4.69) is 4.72 Å². The molecule has 0 bridgehead atoms. The number of benzene rings is 4. The van der Waals surface area contributed by atoms with Gasteiger partial charge in [-0.25, -0.2) is 27.5 Å². The number of aromatic nitrogens is 2. The molecule has 5 aromatic rings. The summed E-state index contributed by atoms with van der Waals surface area (Å²) in [6, 6.07) is 20.7. The highest BCUT2D eigenvalue weighted by Gasteiger charge is 2.34. The summed E-state index contributed by atoms with van der Waals surface area (Å²) in [6.45, 7) is 7.61. The number of rotatable bonds is 13. The van der Waals surface area contributed by atoms with Crippen LogP contribution in [0, 0.1) is 6.92 Å². The number of aryl methyl sites for hydroxylation is 1. The van der Waals surface area contributed by atoms with Crippen LogP contribution < -0.4 is 24.0 Å². The number of anilines is 2. The molecule has 4 aromatic carbocycles. The third kappa shape index (κ3) is 8.08. The van der Waals surface area contributed by atoms with Gasteiger partial charge in [0.15, 0.2) is 11.5 Å². The number of nitrogens with zero attached hydrogens (tertiary/aromatic N) is 4. The van der Waals surface area contributed by atoms with Crippen LogP contribution in [0.3, 0.4) is 0 Å². The molecular formula is C39H45N5O10S. The fraction of sp³-hybridized carbons (Fsp3) is 0.282. The predicted molar refractivity (Wildman–Crippen MR) is 207 cm³/mol. The molecule has 0 fully saturated rings. The molecule has 6 N–H and O–H groups in total. The molecular weight excluding hydrogens is 731 g/mol. The number of amides is 1. The van der Waals surface area contributed by atoms with Crippen molar-refractivity contribution in [3.8, 4) is 51.2 Å². The maximum absolute atomic E-state index is 14.8. The summed E-state index contributed by atoms with van der Waals surface area (Å²) < 4.78 is 41.7. The molecule has 5 rings (SSSR count). The fourth-order valence-corrected chi connectivity index (χ4v) is 7.37. The van der Waals surface area contributed by atoms with Gasteiger partial charge in [-0.1, -0.05) is 54.1 Å². The van der Waals surface area contributed by atoms with Crippen LogP contribution in [0.4, 0.5) is 16.2 Å². The monoisotopic (exact) mass is 775 g/mol. The lowest BCUT2D eigenvalue weighted by molar-refractivity contribution is 0.104. The molecule has 0 radical (unpaired) electrons. The van der Waals surface area contributed by atoms with Crippen molar-refractivity contribution >= 4 is 27.4 Å². The molecule has 16 heteroatoms. The Kier molecular flexibility index (Phi) is 12.1. The molecule has 0 spiro atoms. The number of para-hydroxylation sites is 2. The van der Waals surface area contributed by atoms with Crippen LogP contribution in [-0.2, 0) is 10.0 Å². The lowest BCUT2D eigenvalue weighted by Gasteiger charge is -2.33. The van der Waals surface area contributed by atoms with E-state index in [-0.39, 0.29) is 56.2 Å². The van der Waals surface area contributed by atoms with Crippen LogP contribution in [0.25, 0.3) is 33.9 Å². The van der Waals surface area contributed by atoms with Gasteiger partial charge in [0, 0.05) is 16.7 Å². The average molecular weight is 776 g/mol. The number of aromatic hydroxyl groups is 1. The smallest absolute Gasteiger partial charge is 0.341 e. The van der Waals surface area contributed by atoms with Crippen LogP contribution in [0.5, 0.6) is 17.2 Å². The number of sulfonamides is 1. The summed E-state index contributed by atoms with van der Waals surface area (Å²) in [5, 5.41) is 54.3. The van der Waals surface area contributed by atoms with Crippen molar-refractivity contribution in [1.82, 2.24) is 14.3 Å². The number of methoxy groups -OCH3 is 2. The maximum Gasteiger partial charge on any atom is 0.341 e. The topological polar surface area (TPSA) is 207 Å². The molecule has 0 saturated heterocycles. The quantitative estimate of drug-likeness (QED) is 0.0888. The van der Waals surface area contributed by atoms with Crippen LogP contribution in [0.15, 0.2) is 89.8 Å². The average Bonchev–Trinajstić information content (AvgIpc) is 3.52. The van der Waals surface area contributed by atoms with E-state index in [9.17, 15) is 38.7 Å². The van der Waals surface area contributed by atoms with Gasteiger partial charge in [-0.15, -0.1) is 0 Å². The number of carbonyl (C=O) groups is 1. The normalized spacial score (nSPS) is 13.7. The highest BCUT2D eigenvalue weighted by atomic mass is 32.2. The van der Waals surface area contributed by atoms with Crippen molar-refractivity contribution in [1.29, 1.82) is 0 Å². The van der Waals surface area contributed by atoms with Gasteiger partial charge in [0.05, 0.1) is 41.9 Å². The van der Waals surface area contributed by atoms with Crippen molar-refractivity contribution in [3.05, 3.63) is 90.5 Å². The van der Waals surface area contributed by atoms with Gasteiger partial charge < -0.3 is 44.8 Å². The molecule has 1 aromatic heterocycles. The molecule has 0 saturated carbocycles. The molecule has 15 nitrogen and oxygen atoms in total. The third-order valence-corrected chi connectivity index (χ3v) is 10.2. The summed E-state index contributed by atoms with van der Waals surface area (Å²) in [7, 11) is -1.88. The zero-order chi connectivity index (χ0) is 40.4. The molecule has 292 valence electrons. The van der Waals surface area contributed by atoms with Crippen LogP contribution >= 0.6 is 0 Å². The first-order chi connectivity index (χ1) is 26.0. The lowest BCUT2D eigenvalue weighted by Crippen LogP contribution is -2.41. The number of hydrogen-bond donors (Lipinski definition) is 6. The lowest BCUT2D eigenvalue weighted by atomic mass is 10.00. The van der Waals surface area contributed by atoms with Gasteiger partial charge >= 0.3 is 6.03 Å². The number of carbonyl (C=O) groups excluding carboxylic acids is 1. The molecule has 4 unspecified atom stereocenters. The molecule has 55 heavy (non-hydrogen) atoms. The number of aliphatic hydroxyl groups is 4. The van der Waals surface area contributed by atoms with Crippen molar-refractivity contribution in [2.75, 3.05) is 24.0 Å². The van der Waals surface area contributed by atoms with E-state index in [0.29, 0.717) is 11.3 Å². The largest absolute Gasteiger partial charge is 0.502 e. The highest BCUT2D eigenvalue weighted by Crippen LogP contribution is 2.46. The van der Waals surface area contributed by atoms with Crippen molar-refractivity contribution < 1.29 is 48.2 Å². The Morgan fingerprint density at radius 2 is 1.20 bits per heavy atom. The summed E-state index contributed by atoms with van der Waals surface area (Å²) in [5.74, 6) is -0.596. The molecule has 0 aliphatic carbocycles. The first-order valence-electron chi connectivity index (χ1n) is 17.2. The third-order valence-electron chi connectivity index (χ3n) is 8.86. The Bertz CT molecular complexity index is 2230. The van der Waals surface area contributed by atoms with Crippen molar-refractivity contribution in [2.24, 2.45) is 0 Å². The number of ether oxygens (including phenoxy) is 2. The minimum absolute atomic E-state index is 0.0110. The zero-order valence-corrected chi connectivity index (χ0v) is 32.2. The molecule has 1 amide bonds. The minimum atomic E-state index is -4.51. The number of nitrogens with one attached hydrogen (secondary N) is 1. The predicted octanol–water partition coefficient (Wildman–Crippen LogP) is 4.83. The van der Waals surface area contributed by atoms with Crippen LogP contribution in [0.2, 0.25) is 0 Å². The maximum atomic E-state index is 14.8. The Labute approximate surface area is 319 Å². The van der Waals surface area contributed by atoms with E-state index in [1.165, 1.54) is 76.0 Å². The van der Waals surface area contributed by atoms with Gasteiger partial charge in [-0.2, -0.15) is 0 Å². The number of aliphatic hydroxyl groups excluding tert-OH is 4. The Balaban J connectivity index is 1.98. The van der Waals surface area contributed by atoms with E-state index < -0.39 is 41.0 Å². The highest BCUT2D eigenvalue weighted by molar-refractivity contribution is 7.90. The number of phenolic OH excluding ortho intramolecular Hbond substituents is 1. The summed E-state index contributed by atoms with van der Waals surface area (Å²) in [5.41, 5.74) is 2.02. The van der Waals surface area contributed by atoms with Gasteiger partial charge in [0.2, 0.25) is 5.75 Å². The van der Waals surface area contributed by atoms with Gasteiger partial charge in [0.25, 0.3) is 10.0 Å². The minimum Gasteiger partial charge on any atom is -0.502 e. The molecule has 1 heterocycles. The Morgan fingerprint density at radius 1 is 0.745 bits per heavy atom. The van der Waals surface area contributed by atoms with E-state index >= 15 is 0 Å². The fourth-order valence-electron chi connectivity index (χ4n) is 6.44. The Morgan fingerprint density at radius 3 is 1.67 bits per heavy atom. The first kappa shape index (κ1) is 40.5. The second-order valence-electron chi connectivity index (χ2n) is 12.8. The standard InChI is InChI=1S/C39H45N5O10S/c1-22-16-18-28(19-17-22)55(51,52)41-39(50)44-36(30-13-9-11-15-32(30)43(25(4)47)26(5)48)35(29-12-8-10-14-31(29)42(23(2)45)24(3)46)40-38(44)27-20-33(53-6)37(49)34(21-27)54-7/h8-21,23-26,45-49H,1-7H3,(H,41,50). The van der Waals surface area contributed by atoms with E-state index in [1.807, 2.05) is 0 Å². The van der Waals surface area contributed by atoms with Crippen LogP contribution in [-0.4, -0.2) is 88.7 Å². The summed E-state index contributed by atoms with van der Waals surface area (Å²) >= 11 is 0. The SMILES string of the molecule is COc1cc(-c2nc(-c3ccccc3N(C(C)O)C(C)O)c(-c3ccccc3N(C(C)O)C(C)O)n2C(=O)NS(=O)(=O)c2ccc(C)cc2)cc(OC)c1O. The van der Waals surface area contributed by atoms with Crippen molar-refractivity contribution in [2.45, 2.75) is 64.4 Å². The number of imidazole rings is 1. The van der Waals surface area contributed by atoms with E-state index in [4.69, 9.17) is 14.5 Å². The molecule has 4 atom stereocenters. The van der Waals surface area contributed by atoms with Gasteiger partial charge in [-0.3, -0.25) is 0 Å². The van der Waals surface area contributed by atoms with Gasteiger partial charge in [-0.05, 0) is 71.0 Å². The van der Waals surface area contributed by atoms with E-state index in [0.717, 1.165) is 10.1 Å². The zero-order valence-electron chi connectivity index (χ0n) is 31.4. The first-order valence-corrected chi connectivity index (χ1v) is 18.7.